The molecule has 1 fully saturated rings. The van der Waals surface area contributed by atoms with E-state index in [9.17, 15) is 4.79 Å². The standard InChI is InChI=1S/C17H35N3O/c1-5-7-10-19(4)14-16-8-11-20(12-9-16)17(21)15(3)13-18-6-2/h15-16,18H,5-14H2,1-4H3. The number of carbonyl (C=O) groups excluding carboxylic acids is 1. The largest absolute Gasteiger partial charge is 0.342 e. The van der Waals surface area contributed by atoms with Gasteiger partial charge in [0.15, 0.2) is 0 Å². The Morgan fingerprint density at radius 1 is 1.33 bits per heavy atom. The van der Waals surface area contributed by atoms with Crippen LogP contribution in [0.1, 0.15) is 46.5 Å². The molecular weight excluding hydrogens is 262 g/mol. The van der Waals surface area contributed by atoms with E-state index < -0.39 is 0 Å². The van der Waals surface area contributed by atoms with Gasteiger partial charge < -0.3 is 15.1 Å². The minimum atomic E-state index is 0.105. The third-order valence-electron chi connectivity index (χ3n) is 4.51. The van der Waals surface area contributed by atoms with Crippen LogP contribution in [0.5, 0.6) is 0 Å². The summed E-state index contributed by atoms with van der Waals surface area (Å²) in [7, 11) is 2.23. The highest BCUT2D eigenvalue weighted by atomic mass is 16.2. The van der Waals surface area contributed by atoms with Crippen molar-refractivity contribution in [3.05, 3.63) is 0 Å². The summed E-state index contributed by atoms with van der Waals surface area (Å²) in [4.78, 5) is 16.9. The van der Waals surface area contributed by atoms with Gasteiger partial charge in [-0.05, 0) is 45.3 Å². The molecule has 1 aliphatic heterocycles. The molecule has 1 heterocycles. The maximum atomic E-state index is 12.3. The van der Waals surface area contributed by atoms with Crippen LogP contribution in [0.3, 0.4) is 0 Å². The van der Waals surface area contributed by atoms with Gasteiger partial charge in [0.25, 0.3) is 0 Å². The minimum Gasteiger partial charge on any atom is -0.342 e. The van der Waals surface area contributed by atoms with Crippen LogP contribution in [0.25, 0.3) is 0 Å². The van der Waals surface area contributed by atoms with Gasteiger partial charge in [0.2, 0.25) is 5.91 Å². The van der Waals surface area contributed by atoms with Gasteiger partial charge in [0, 0.05) is 32.1 Å². The molecule has 1 rings (SSSR count). The first-order valence-electron chi connectivity index (χ1n) is 8.76. The van der Waals surface area contributed by atoms with Crippen LogP contribution in [0, 0.1) is 11.8 Å². The molecule has 1 amide bonds. The van der Waals surface area contributed by atoms with E-state index in [0.717, 1.165) is 44.9 Å². The SMILES string of the molecule is CCCCN(C)CC1CCN(C(=O)C(C)CNCC)CC1. The van der Waals surface area contributed by atoms with E-state index in [2.05, 4.69) is 36.0 Å². The van der Waals surface area contributed by atoms with Crippen LogP contribution in [-0.2, 0) is 4.79 Å². The molecule has 1 N–H and O–H groups in total. The number of nitrogens with zero attached hydrogens (tertiary/aromatic N) is 2. The zero-order valence-electron chi connectivity index (χ0n) is 14.5. The summed E-state index contributed by atoms with van der Waals surface area (Å²) in [6.45, 7) is 12.4. The Hall–Kier alpha value is -0.610. The van der Waals surface area contributed by atoms with E-state index >= 15 is 0 Å². The zero-order chi connectivity index (χ0) is 15.7. The number of hydrogen-bond donors (Lipinski definition) is 1. The number of hydrogen-bond acceptors (Lipinski definition) is 3. The highest BCUT2D eigenvalue weighted by molar-refractivity contribution is 5.78. The summed E-state index contributed by atoms with van der Waals surface area (Å²) in [6, 6.07) is 0. The van der Waals surface area contributed by atoms with Crippen LogP contribution in [0.4, 0.5) is 0 Å². The fraction of sp³-hybridized carbons (Fsp3) is 0.941. The summed E-state index contributed by atoms with van der Waals surface area (Å²) < 4.78 is 0. The van der Waals surface area contributed by atoms with E-state index in [4.69, 9.17) is 0 Å². The number of amides is 1. The van der Waals surface area contributed by atoms with Crippen molar-refractivity contribution in [1.29, 1.82) is 0 Å². The molecular formula is C17H35N3O. The molecule has 4 heteroatoms. The van der Waals surface area contributed by atoms with Gasteiger partial charge >= 0.3 is 0 Å². The summed E-state index contributed by atoms with van der Waals surface area (Å²) in [5, 5.41) is 3.27. The van der Waals surface area contributed by atoms with Gasteiger partial charge in [-0.15, -0.1) is 0 Å². The Morgan fingerprint density at radius 3 is 2.57 bits per heavy atom. The molecule has 0 aliphatic carbocycles. The summed E-state index contributed by atoms with van der Waals surface area (Å²) in [6.07, 6.45) is 4.88. The first-order chi connectivity index (χ1) is 10.1. The van der Waals surface area contributed by atoms with Crippen molar-refractivity contribution in [1.82, 2.24) is 15.1 Å². The molecule has 1 saturated heterocycles. The second-order valence-electron chi connectivity index (χ2n) is 6.59. The van der Waals surface area contributed by atoms with Crippen molar-refractivity contribution in [3.8, 4) is 0 Å². The van der Waals surface area contributed by atoms with Crippen LogP contribution < -0.4 is 5.32 Å². The summed E-state index contributed by atoms with van der Waals surface area (Å²) in [5.74, 6) is 1.20. The normalized spacial score (nSPS) is 18.2. The lowest BCUT2D eigenvalue weighted by atomic mass is 9.95. The van der Waals surface area contributed by atoms with Crippen molar-refractivity contribution in [3.63, 3.8) is 0 Å². The Labute approximate surface area is 131 Å². The second-order valence-corrected chi connectivity index (χ2v) is 6.59. The quantitative estimate of drug-likeness (QED) is 0.709. The number of likely N-dealkylation sites (tertiary alicyclic amines) is 1. The highest BCUT2D eigenvalue weighted by Gasteiger charge is 2.26. The van der Waals surface area contributed by atoms with Crippen molar-refractivity contribution in [2.75, 3.05) is 46.3 Å². The first-order valence-corrected chi connectivity index (χ1v) is 8.76. The van der Waals surface area contributed by atoms with E-state index in [1.807, 2.05) is 6.92 Å². The first kappa shape index (κ1) is 18.4. The monoisotopic (exact) mass is 297 g/mol. The number of carbonyl (C=O) groups is 1. The average molecular weight is 297 g/mol. The van der Waals surface area contributed by atoms with Crippen molar-refractivity contribution < 1.29 is 4.79 Å². The maximum Gasteiger partial charge on any atom is 0.226 e. The smallest absolute Gasteiger partial charge is 0.226 e. The third kappa shape index (κ3) is 6.79. The van der Waals surface area contributed by atoms with E-state index in [1.165, 1.54) is 25.9 Å². The van der Waals surface area contributed by atoms with Gasteiger partial charge in [-0.3, -0.25) is 4.79 Å². The molecule has 0 radical (unpaired) electrons. The van der Waals surface area contributed by atoms with Crippen LogP contribution >= 0.6 is 0 Å². The van der Waals surface area contributed by atoms with E-state index in [0.29, 0.717) is 5.91 Å². The van der Waals surface area contributed by atoms with E-state index in [-0.39, 0.29) is 5.92 Å². The topological polar surface area (TPSA) is 35.6 Å². The minimum absolute atomic E-state index is 0.105. The number of rotatable bonds is 9. The lowest BCUT2D eigenvalue weighted by Crippen LogP contribution is -2.45. The fourth-order valence-corrected chi connectivity index (χ4v) is 3.06. The molecule has 0 aromatic rings. The molecule has 21 heavy (non-hydrogen) atoms. The molecule has 0 saturated carbocycles. The number of nitrogens with one attached hydrogen (secondary N) is 1. The molecule has 0 spiro atoms. The predicted octanol–water partition coefficient (Wildman–Crippen LogP) is 2.20. The van der Waals surface area contributed by atoms with Gasteiger partial charge in [0.1, 0.15) is 0 Å². The van der Waals surface area contributed by atoms with Gasteiger partial charge in [-0.1, -0.05) is 27.2 Å². The molecule has 0 aromatic heterocycles. The fourth-order valence-electron chi connectivity index (χ4n) is 3.06. The Balaban J connectivity index is 2.26. The summed E-state index contributed by atoms with van der Waals surface area (Å²) >= 11 is 0. The maximum absolute atomic E-state index is 12.3. The zero-order valence-corrected chi connectivity index (χ0v) is 14.5. The number of unbranched alkanes of at least 4 members (excludes halogenated alkanes) is 1. The Bertz CT molecular complexity index is 288. The molecule has 0 aromatic carbocycles. The van der Waals surface area contributed by atoms with E-state index in [1.54, 1.807) is 0 Å². The van der Waals surface area contributed by atoms with Gasteiger partial charge in [-0.25, -0.2) is 0 Å². The highest BCUT2D eigenvalue weighted by Crippen LogP contribution is 2.19. The third-order valence-corrected chi connectivity index (χ3v) is 4.51. The molecule has 1 unspecified atom stereocenters. The molecule has 0 bridgehead atoms. The van der Waals surface area contributed by atoms with Crippen molar-refractivity contribution >= 4 is 5.91 Å². The lowest BCUT2D eigenvalue weighted by molar-refractivity contribution is -0.136. The molecule has 1 aliphatic rings. The van der Waals surface area contributed by atoms with Crippen molar-refractivity contribution in [2.24, 2.45) is 11.8 Å². The molecule has 124 valence electrons. The van der Waals surface area contributed by atoms with Gasteiger partial charge in [-0.2, -0.15) is 0 Å². The predicted molar refractivity (Wildman–Crippen MR) is 89.4 cm³/mol. The van der Waals surface area contributed by atoms with Crippen LogP contribution in [-0.4, -0.2) is 62.0 Å². The molecule has 4 nitrogen and oxygen atoms in total. The lowest BCUT2D eigenvalue weighted by Gasteiger charge is -2.35. The van der Waals surface area contributed by atoms with Gasteiger partial charge in [0.05, 0.1) is 0 Å². The summed E-state index contributed by atoms with van der Waals surface area (Å²) in [5.41, 5.74) is 0. The van der Waals surface area contributed by atoms with Crippen LogP contribution in [0.2, 0.25) is 0 Å². The second kappa shape index (κ2) is 10.2. The Morgan fingerprint density at radius 2 is 2.00 bits per heavy atom. The average Bonchev–Trinajstić information content (AvgIpc) is 2.50. The molecule has 1 atom stereocenters. The number of piperidine rings is 1. The Kier molecular flexibility index (Phi) is 8.93. The van der Waals surface area contributed by atoms with Crippen molar-refractivity contribution in [2.45, 2.75) is 46.5 Å². The van der Waals surface area contributed by atoms with Crippen LogP contribution in [0.15, 0.2) is 0 Å².